The van der Waals surface area contributed by atoms with Gasteiger partial charge >= 0.3 is 0 Å². The Morgan fingerprint density at radius 1 is 0.897 bits per heavy atom. The summed E-state index contributed by atoms with van der Waals surface area (Å²) in [6, 6.07) is 0. The normalized spacial score (nSPS) is 53.8. The van der Waals surface area contributed by atoms with Crippen LogP contribution in [0.15, 0.2) is 11.6 Å². The van der Waals surface area contributed by atoms with E-state index in [2.05, 4.69) is 47.6 Å². The van der Waals surface area contributed by atoms with E-state index < -0.39 is 0 Å². The number of fused-ring (bicyclic) bond motifs is 7. The second-order valence-electron chi connectivity index (χ2n) is 13.8. The van der Waals surface area contributed by atoms with Crippen molar-refractivity contribution in [3.8, 4) is 0 Å². The maximum atomic E-state index is 12.2. The van der Waals surface area contributed by atoms with E-state index in [1.165, 1.54) is 51.4 Å². The van der Waals surface area contributed by atoms with E-state index in [4.69, 9.17) is 0 Å². The molecule has 1 heteroatoms. The lowest BCUT2D eigenvalue weighted by Crippen LogP contribution is -2.61. The van der Waals surface area contributed by atoms with Crippen molar-refractivity contribution in [1.82, 2.24) is 0 Å². The molecule has 0 aliphatic heterocycles. The molecule has 4 saturated carbocycles. The molecule has 0 radical (unpaired) electrons. The SMILES string of the molecule is CC1(C)CC[C@]2(C)CC[C@]3(C)C(=CC[C@@H]4[C@@]5(C)CCC(=O)C[C@@H]5CC[C@]43C)[C@@H]2C1. The standard InChI is InChI=1S/C28H44O/c1-24(2)13-14-25(3)15-16-27(5)21(22(25)18-24)7-8-23-26(4)11-10-20(29)17-19(26)9-12-28(23,27)6/h7,19,22-23H,8-18H2,1-6H3/t19-,22-,23+,25+,26-,27+,28+/m0/s1. The topological polar surface area (TPSA) is 17.1 Å². The minimum absolute atomic E-state index is 0.364. The first-order valence-electron chi connectivity index (χ1n) is 12.7. The van der Waals surface area contributed by atoms with E-state index >= 15 is 0 Å². The summed E-state index contributed by atoms with van der Waals surface area (Å²) in [5, 5.41) is 0. The zero-order valence-corrected chi connectivity index (χ0v) is 20.0. The molecule has 0 aromatic heterocycles. The number of Topliss-reactive ketones (excluding diaryl/α,β-unsaturated/α-hetero) is 1. The maximum Gasteiger partial charge on any atom is 0.133 e. The van der Waals surface area contributed by atoms with Gasteiger partial charge in [0.15, 0.2) is 0 Å². The van der Waals surface area contributed by atoms with Crippen LogP contribution >= 0.6 is 0 Å². The average molecular weight is 397 g/mol. The van der Waals surface area contributed by atoms with Crippen molar-refractivity contribution in [3.05, 3.63) is 11.6 Å². The van der Waals surface area contributed by atoms with Crippen LogP contribution in [0.4, 0.5) is 0 Å². The van der Waals surface area contributed by atoms with Crippen LogP contribution in [-0.2, 0) is 4.79 Å². The Bertz CT molecular complexity index is 760. The lowest BCUT2D eigenvalue weighted by Gasteiger charge is -2.69. The predicted molar refractivity (Wildman–Crippen MR) is 121 cm³/mol. The molecule has 162 valence electrons. The van der Waals surface area contributed by atoms with Crippen molar-refractivity contribution in [3.63, 3.8) is 0 Å². The second kappa shape index (κ2) is 6.01. The minimum atomic E-state index is 0.364. The van der Waals surface area contributed by atoms with Gasteiger partial charge in [-0.1, -0.05) is 53.2 Å². The van der Waals surface area contributed by atoms with Gasteiger partial charge in [-0.2, -0.15) is 0 Å². The highest BCUT2D eigenvalue weighted by Crippen LogP contribution is 2.74. The highest BCUT2D eigenvalue weighted by Gasteiger charge is 2.65. The molecular formula is C28H44O. The third-order valence-electron chi connectivity index (χ3n) is 11.9. The van der Waals surface area contributed by atoms with E-state index in [0.29, 0.717) is 38.8 Å². The molecule has 0 saturated heterocycles. The van der Waals surface area contributed by atoms with Gasteiger partial charge in [0.1, 0.15) is 5.78 Å². The summed E-state index contributed by atoms with van der Waals surface area (Å²) in [4.78, 5) is 12.2. The smallest absolute Gasteiger partial charge is 0.133 e. The zero-order valence-electron chi connectivity index (χ0n) is 20.0. The molecule has 1 nitrogen and oxygen atoms in total. The van der Waals surface area contributed by atoms with Crippen LogP contribution < -0.4 is 0 Å². The molecule has 0 N–H and O–H groups in total. The molecule has 0 unspecified atom stereocenters. The van der Waals surface area contributed by atoms with Gasteiger partial charge < -0.3 is 0 Å². The third-order valence-corrected chi connectivity index (χ3v) is 11.9. The molecule has 0 spiro atoms. The molecule has 0 amide bonds. The maximum absolute atomic E-state index is 12.2. The van der Waals surface area contributed by atoms with E-state index in [-0.39, 0.29) is 0 Å². The van der Waals surface area contributed by atoms with Crippen LogP contribution in [-0.4, -0.2) is 5.78 Å². The van der Waals surface area contributed by atoms with E-state index in [0.717, 1.165) is 31.1 Å². The van der Waals surface area contributed by atoms with Gasteiger partial charge in [0.05, 0.1) is 0 Å². The van der Waals surface area contributed by atoms with Gasteiger partial charge in [-0.25, -0.2) is 0 Å². The Labute approximate surface area is 179 Å². The molecule has 7 atom stereocenters. The summed E-state index contributed by atoms with van der Waals surface area (Å²) < 4.78 is 0. The zero-order chi connectivity index (χ0) is 20.9. The van der Waals surface area contributed by atoms with Crippen LogP contribution in [0.3, 0.4) is 0 Å². The first kappa shape index (κ1) is 20.3. The Morgan fingerprint density at radius 2 is 1.62 bits per heavy atom. The lowest BCUT2D eigenvalue weighted by atomic mass is 9.35. The summed E-state index contributed by atoms with van der Waals surface area (Å²) in [5.74, 6) is 2.73. The number of carbonyl (C=O) groups excluding carboxylic acids is 1. The van der Waals surface area contributed by atoms with E-state index in [1.54, 1.807) is 0 Å². The van der Waals surface area contributed by atoms with Crippen LogP contribution in [0.1, 0.15) is 112 Å². The predicted octanol–water partition coefficient (Wildman–Crippen LogP) is 7.74. The number of carbonyl (C=O) groups is 1. The van der Waals surface area contributed by atoms with Crippen molar-refractivity contribution >= 4 is 5.78 Å². The fourth-order valence-electron chi connectivity index (χ4n) is 9.46. The van der Waals surface area contributed by atoms with Gasteiger partial charge in [0, 0.05) is 12.8 Å². The number of hydrogen-bond donors (Lipinski definition) is 0. The van der Waals surface area contributed by atoms with Crippen molar-refractivity contribution in [2.75, 3.05) is 0 Å². The van der Waals surface area contributed by atoms with Gasteiger partial charge in [-0.3, -0.25) is 4.79 Å². The average Bonchev–Trinajstić information content (AvgIpc) is 2.65. The largest absolute Gasteiger partial charge is 0.300 e. The van der Waals surface area contributed by atoms with Crippen molar-refractivity contribution in [1.29, 1.82) is 0 Å². The number of allylic oxidation sites excluding steroid dienone is 2. The highest BCUT2D eigenvalue weighted by atomic mass is 16.1. The first-order valence-corrected chi connectivity index (χ1v) is 12.7. The van der Waals surface area contributed by atoms with Crippen molar-refractivity contribution in [2.24, 2.45) is 44.8 Å². The Morgan fingerprint density at radius 3 is 2.38 bits per heavy atom. The summed E-state index contributed by atoms with van der Waals surface area (Å²) >= 11 is 0. The van der Waals surface area contributed by atoms with Crippen LogP contribution in [0.2, 0.25) is 0 Å². The fraction of sp³-hybridized carbons (Fsp3) is 0.893. The summed E-state index contributed by atoms with van der Waals surface area (Å²) in [6.45, 7) is 15.6. The number of rotatable bonds is 0. The Kier molecular flexibility index (Phi) is 4.21. The van der Waals surface area contributed by atoms with Gasteiger partial charge in [0.2, 0.25) is 0 Å². The summed E-state index contributed by atoms with van der Waals surface area (Å²) in [6.07, 6.45) is 16.5. The third kappa shape index (κ3) is 2.61. The van der Waals surface area contributed by atoms with Gasteiger partial charge in [-0.15, -0.1) is 0 Å². The van der Waals surface area contributed by atoms with Gasteiger partial charge in [0.25, 0.3) is 0 Å². The fourth-order valence-corrected chi connectivity index (χ4v) is 9.46. The van der Waals surface area contributed by atoms with Crippen LogP contribution in [0.5, 0.6) is 0 Å². The molecule has 0 aromatic rings. The van der Waals surface area contributed by atoms with Crippen LogP contribution in [0.25, 0.3) is 0 Å². The highest BCUT2D eigenvalue weighted by molar-refractivity contribution is 5.79. The molecule has 0 heterocycles. The van der Waals surface area contributed by atoms with Crippen LogP contribution in [0, 0.1) is 44.8 Å². The van der Waals surface area contributed by atoms with E-state index in [1.807, 2.05) is 5.57 Å². The Hall–Kier alpha value is -0.590. The molecule has 0 aromatic carbocycles. The molecule has 5 aliphatic rings. The summed E-state index contributed by atoms with van der Waals surface area (Å²) in [7, 11) is 0. The summed E-state index contributed by atoms with van der Waals surface area (Å²) in [5.41, 5.74) is 4.04. The molecule has 29 heavy (non-hydrogen) atoms. The molecule has 5 aliphatic carbocycles. The quantitative estimate of drug-likeness (QED) is 0.383. The van der Waals surface area contributed by atoms with Crippen molar-refractivity contribution in [2.45, 2.75) is 112 Å². The molecule has 4 fully saturated rings. The second-order valence-corrected chi connectivity index (χ2v) is 13.8. The Balaban J connectivity index is 1.56. The lowest BCUT2D eigenvalue weighted by molar-refractivity contribution is -0.161. The van der Waals surface area contributed by atoms with E-state index in [9.17, 15) is 4.79 Å². The molecule has 5 rings (SSSR count). The number of ketones is 1. The van der Waals surface area contributed by atoms with Crippen molar-refractivity contribution < 1.29 is 4.79 Å². The minimum Gasteiger partial charge on any atom is -0.300 e. The molecular weight excluding hydrogens is 352 g/mol. The van der Waals surface area contributed by atoms with Gasteiger partial charge in [-0.05, 0) is 103 Å². The molecule has 0 bridgehead atoms. The first-order chi connectivity index (χ1) is 13.4. The number of hydrogen-bond acceptors (Lipinski definition) is 1. The monoisotopic (exact) mass is 396 g/mol.